The number of rotatable bonds is 2. The van der Waals surface area contributed by atoms with Gasteiger partial charge >= 0.3 is 0 Å². The second kappa shape index (κ2) is 3.18. The molecule has 2 heterocycles. The van der Waals surface area contributed by atoms with Crippen LogP contribution in [-0.4, -0.2) is 15.9 Å². The van der Waals surface area contributed by atoms with Crippen LogP contribution in [0.5, 0.6) is 0 Å². The van der Waals surface area contributed by atoms with Gasteiger partial charge < -0.3 is 10.1 Å². The van der Waals surface area contributed by atoms with E-state index in [-0.39, 0.29) is 0 Å². The molecule has 13 heavy (non-hydrogen) atoms. The molecule has 2 rings (SSSR count). The number of nitrogens with two attached hydrogens (primary N) is 1. The number of fused-ring (bicyclic) bond motifs is 1. The lowest BCUT2D eigenvalue weighted by atomic mass is 10.1. The van der Waals surface area contributed by atoms with Gasteiger partial charge in [0.25, 0.3) is 0 Å². The molecule has 1 unspecified atom stereocenters. The summed E-state index contributed by atoms with van der Waals surface area (Å²) in [6.45, 7) is 2.73. The molecule has 68 valence electrons. The summed E-state index contributed by atoms with van der Waals surface area (Å²) in [5, 5.41) is 0. The first-order valence-electron chi connectivity index (χ1n) is 4.44. The van der Waals surface area contributed by atoms with Crippen molar-refractivity contribution < 1.29 is 0 Å². The van der Waals surface area contributed by atoms with E-state index in [0.29, 0.717) is 12.5 Å². The number of hydrogen-bond acceptors (Lipinski definition) is 2. The zero-order valence-corrected chi connectivity index (χ0v) is 7.64. The van der Waals surface area contributed by atoms with Crippen LogP contribution in [0, 0.1) is 0 Å². The minimum absolute atomic E-state index is 0.326. The molecule has 2 N–H and O–H groups in total. The van der Waals surface area contributed by atoms with Crippen LogP contribution in [0.25, 0.3) is 5.52 Å². The number of aromatic nitrogens is 2. The maximum atomic E-state index is 5.61. The molecule has 0 aliphatic carbocycles. The van der Waals surface area contributed by atoms with Gasteiger partial charge in [-0.2, -0.15) is 0 Å². The van der Waals surface area contributed by atoms with Crippen LogP contribution < -0.4 is 5.73 Å². The van der Waals surface area contributed by atoms with Crippen molar-refractivity contribution in [1.82, 2.24) is 9.38 Å². The minimum atomic E-state index is 0.326. The molecule has 0 bridgehead atoms. The van der Waals surface area contributed by atoms with E-state index in [1.54, 1.807) is 0 Å². The molecule has 0 saturated carbocycles. The Kier molecular flexibility index (Phi) is 2.02. The summed E-state index contributed by atoms with van der Waals surface area (Å²) in [7, 11) is 0. The first kappa shape index (κ1) is 8.26. The first-order chi connectivity index (χ1) is 6.33. The maximum absolute atomic E-state index is 5.61. The van der Waals surface area contributed by atoms with Crippen LogP contribution in [0.2, 0.25) is 0 Å². The van der Waals surface area contributed by atoms with Crippen molar-refractivity contribution in [2.24, 2.45) is 5.73 Å². The number of nitrogens with zero attached hydrogens (tertiary/aromatic N) is 2. The van der Waals surface area contributed by atoms with Gasteiger partial charge in [0.15, 0.2) is 0 Å². The van der Waals surface area contributed by atoms with Crippen LogP contribution in [0.4, 0.5) is 0 Å². The van der Waals surface area contributed by atoms with Gasteiger partial charge in [-0.3, -0.25) is 0 Å². The van der Waals surface area contributed by atoms with Gasteiger partial charge in [-0.05, 0) is 12.1 Å². The lowest BCUT2D eigenvalue weighted by Gasteiger charge is -2.04. The average molecular weight is 175 g/mol. The fourth-order valence-corrected chi connectivity index (χ4v) is 1.46. The standard InChI is InChI=1S/C10H13N3/c1-8(6-11)10-9-4-2-3-5-13(9)7-12-10/h2-5,7-8H,6,11H2,1H3. The summed E-state index contributed by atoms with van der Waals surface area (Å²) in [6.07, 6.45) is 3.83. The van der Waals surface area contributed by atoms with Gasteiger partial charge in [-0.15, -0.1) is 0 Å². The highest BCUT2D eigenvalue weighted by molar-refractivity contribution is 5.53. The summed E-state index contributed by atoms with van der Waals surface area (Å²) in [5.74, 6) is 0.326. The van der Waals surface area contributed by atoms with Crippen LogP contribution in [0.3, 0.4) is 0 Å². The minimum Gasteiger partial charge on any atom is -0.330 e. The summed E-state index contributed by atoms with van der Waals surface area (Å²) in [6, 6.07) is 6.07. The summed E-state index contributed by atoms with van der Waals surface area (Å²) in [5.41, 5.74) is 7.84. The topological polar surface area (TPSA) is 43.3 Å². The van der Waals surface area contributed by atoms with Gasteiger partial charge in [0.2, 0.25) is 0 Å². The molecule has 0 fully saturated rings. The van der Waals surface area contributed by atoms with Crippen molar-refractivity contribution in [3.63, 3.8) is 0 Å². The maximum Gasteiger partial charge on any atom is 0.0995 e. The quantitative estimate of drug-likeness (QED) is 0.749. The number of imidazole rings is 1. The molecule has 0 amide bonds. The van der Waals surface area contributed by atoms with E-state index in [1.807, 2.05) is 29.1 Å². The van der Waals surface area contributed by atoms with Crippen molar-refractivity contribution in [3.8, 4) is 0 Å². The highest BCUT2D eigenvalue weighted by atomic mass is 15.0. The van der Waals surface area contributed by atoms with Crippen molar-refractivity contribution >= 4 is 5.52 Å². The number of hydrogen-bond donors (Lipinski definition) is 1. The van der Waals surface area contributed by atoms with E-state index in [4.69, 9.17) is 5.73 Å². The highest BCUT2D eigenvalue weighted by Crippen LogP contribution is 2.17. The van der Waals surface area contributed by atoms with E-state index >= 15 is 0 Å². The van der Waals surface area contributed by atoms with Crippen molar-refractivity contribution in [2.75, 3.05) is 6.54 Å². The molecule has 0 aliphatic rings. The van der Waals surface area contributed by atoms with Gasteiger partial charge in [0, 0.05) is 18.7 Å². The third-order valence-electron chi connectivity index (χ3n) is 2.29. The zero-order valence-electron chi connectivity index (χ0n) is 7.64. The third kappa shape index (κ3) is 1.31. The van der Waals surface area contributed by atoms with E-state index in [1.165, 1.54) is 0 Å². The predicted molar refractivity (Wildman–Crippen MR) is 52.7 cm³/mol. The Balaban J connectivity index is 2.57. The first-order valence-corrected chi connectivity index (χ1v) is 4.44. The molecule has 0 aromatic carbocycles. The fraction of sp³-hybridized carbons (Fsp3) is 0.300. The zero-order chi connectivity index (χ0) is 9.26. The predicted octanol–water partition coefficient (Wildman–Crippen LogP) is 1.40. The average Bonchev–Trinajstić information content (AvgIpc) is 2.60. The van der Waals surface area contributed by atoms with E-state index in [0.717, 1.165) is 11.2 Å². The van der Waals surface area contributed by atoms with E-state index < -0.39 is 0 Å². The third-order valence-corrected chi connectivity index (χ3v) is 2.29. The second-order valence-electron chi connectivity index (χ2n) is 3.26. The molecule has 2 aromatic heterocycles. The Morgan fingerprint density at radius 1 is 1.54 bits per heavy atom. The Labute approximate surface area is 77.2 Å². The van der Waals surface area contributed by atoms with Gasteiger partial charge in [0.05, 0.1) is 17.5 Å². The smallest absolute Gasteiger partial charge is 0.0995 e. The molecule has 0 spiro atoms. The van der Waals surface area contributed by atoms with Crippen molar-refractivity contribution in [1.29, 1.82) is 0 Å². The SMILES string of the molecule is CC(CN)c1ncn2ccccc12. The largest absolute Gasteiger partial charge is 0.330 e. The molecular formula is C10H13N3. The Morgan fingerprint density at radius 2 is 2.38 bits per heavy atom. The van der Waals surface area contributed by atoms with E-state index in [2.05, 4.69) is 18.0 Å². The van der Waals surface area contributed by atoms with Crippen molar-refractivity contribution in [2.45, 2.75) is 12.8 Å². The summed E-state index contributed by atoms with van der Waals surface area (Å²) < 4.78 is 2.02. The molecule has 0 saturated heterocycles. The van der Waals surface area contributed by atoms with Crippen LogP contribution in [0.15, 0.2) is 30.7 Å². The molecule has 3 nitrogen and oxygen atoms in total. The normalized spacial score (nSPS) is 13.4. The van der Waals surface area contributed by atoms with Crippen LogP contribution in [-0.2, 0) is 0 Å². The molecular weight excluding hydrogens is 162 g/mol. The van der Waals surface area contributed by atoms with Gasteiger partial charge in [-0.25, -0.2) is 4.98 Å². The number of pyridine rings is 1. The summed E-state index contributed by atoms with van der Waals surface area (Å²) >= 11 is 0. The lowest BCUT2D eigenvalue weighted by molar-refractivity contribution is 0.757. The molecule has 3 heteroatoms. The monoisotopic (exact) mass is 175 g/mol. The molecule has 2 aromatic rings. The molecule has 0 radical (unpaired) electrons. The highest BCUT2D eigenvalue weighted by Gasteiger charge is 2.09. The Bertz CT molecular complexity index is 405. The fourth-order valence-electron chi connectivity index (χ4n) is 1.46. The Hall–Kier alpha value is -1.35. The van der Waals surface area contributed by atoms with E-state index in [9.17, 15) is 0 Å². The molecule has 1 atom stereocenters. The second-order valence-corrected chi connectivity index (χ2v) is 3.26. The molecule has 0 aliphatic heterocycles. The lowest BCUT2D eigenvalue weighted by Crippen LogP contribution is -2.09. The van der Waals surface area contributed by atoms with Gasteiger partial charge in [-0.1, -0.05) is 13.0 Å². The van der Waals surface area contributed by atoms with Gasteiger partial charge in [0.1, 0.15) is 0 Å². The van der Waals surface area contributed by atoms with Crippen LogP contribution in [0.1, 0.15) is 18.5 Å². The summed E-state index contributed by atoms with van der Waals surface area (Å²) in [4.78, 5) is 4.35. The Morgan fingerprint density at radius 3 is 3.15 bits per heavy atom. The van der Waals surface area contributed by atoms with Crippen molar-refractivity contribution in [3.05, 3.63) is 36.4 Å². The van der Waals surface area contributed by atoms with Crippen LogP contribution >= 0.6 is 0 Å².